The minimum absolute atomic E-state index is 0.139. The highest BCUT2D eigenvalue weighted by atomic mass is 35.5. The summed E-state index contributed by atoms with van der Waals surface area (Å²) in [5, 5.41) is 8.40. The molecular formula is C12H14ClNO2S. The molecule has 5 heteroatoms. The van der Waals surface area contributed by atoms with Crippen LogP contribution >= 0.6 is 11.6 Å². The van der Waals surface area contributed by atoms with Crippen molar-refractivity contribution in [2.45, 2.75) is 30.4 Å². The van der Waals surface area contributed by atoms with Crippen LogP contribution in [0.5, 0.6) is 0 Å². The van der Waals surface area contributed by atoms with Gasteiger partial charge in [0.25, 0.3) is 0 Å². The summed E-state index contributed by atoms with van der Waals surface area (Å²) in [4.78, 5) is 0.139. The number of rotatable bonds is 4. The molecule has 0 aliphatic rings. The maximum absolute atomic E-state index is 12.3. The van der Waals surface area contributed by atoms with Gasteiger partial charge in [0.05, 0.1) is 15.7 Å². The number of alkyl halides is 1. The lowest BCUT2D eigenvalue weighted by molar-refractivity contribution is 0.580. The van der Waals surface area contributed by atoms with Crippen LogP contribution in [0.1, 0.15) is 24.5 Å². The van der Waals surface area contributed by atoms with E-state index in [-0.39, 0.29) is 16.3 Å². The van der Waals surface area contributed by atoms with E-state index in [9.17, 15) is 8.42 Å². The molecule has 1 aromatic carbocycles. The van der Waals surface area contributed by atoms with E-state index in [4.69, 9.17) is 16.9 Å². The molecule has 1 unspecified atom stereocenters. The highest BCUT2D eigenvalue weighted by molar-refractivity contribution is 7.92. The fraction of sp³-hybridized carbons (Fsp3) is 0.417. The van der Waals surface area contributed by atoms with Gasteiger partial charge in [-0.1, -0.05) is 12.1 Å². The second-order valence-corrected chi connectivity index (χ2v) is 6.58. The first kappa shape index (κ1) is 14.0. The molecule has 0 amide bonds. The van der Waals surface area contributed by atoms with Crippen LogP contribution < -0.4 is 0 Å². The molecule has 1 rings (SSSR count). The molecule has 0 bridgehead atoms. The van der Waals surface area contributed by atoms with Gasteiger partial charge in [-0.25, -0.2) is 8.42 Å². The van der Waals surface area contributed by atoms with Crippen molar-refractivity contribution in [1.29, 1.82) is 5.26 Å². The summed E-state index contributed by atoms with van der Waals surface area (Å²) in [6.45, 7) is 3.31. The van der Waals surface area contributed by atoms with Gasteiger partial charge in [0.15, 0.2) is 9.84 Å². The van der Waals surface area contributed by atoms with Gasteiger partial charge in [0.1, 0.15) is 6.07 Å². The smallest absolute Gasteiger partial charge is 0.182 e. The third-order valence-corrected chi connectivity index (χ3v) is 5.29. The topological polar surface area (TPSA) is 57.9 Å². The second kappa shape index (κ2) is 5.52. The Balaban J connectivity index is 3.39. The summed E-state index contributed by atoms with van der Waals surface area (Å²) in [5.41, 5.74) is 0.803. The molecule has 0 N–H and O–H groups in total. The van der Waals surface area contributed by atoms with Crippen molar-refractivity contribution < 1.29 is 8.42 Å². The Hall–Kier alpha value is -1.05. The summed E-state index contributed by atoms with van der Waals surface area (Å²) < 4.78 is 24.6. The van der Waals surface area contributed by atoms with Crippen LogP contribution in [0.3, 0.4) is 0 Å². The van der Waals surface area contributed by atoms with Gasteiger partial charge in [0, 0.05) is 5.88 Å². The standard InChI is InChI=1S/C12H14ClNO2S/c1-9-4-3-5-11(8-14)12(9)17(15,16)10(2)6-7-13/h3-5,10H,6-7H2,1-2H3. The first-order chi connectivity index (χ1) is 7.95. The largest absolute Gasteiger partial charge is 0.223 e. The van der Waals surface area contributed by atoms with Crippen LogP contribution in [-0.2, 0) is 9.84 Å². The van der Waals surface area contributed by atoms with E-state index in [2.05, 4.69) is 0 Å². The van der Waals surface area contributed by atoms with E-state index in [1.54, 1.807) is 26.0 Å². The van der Waals surface area contributed by atoms with Crippen molar-refractivity contribution in [2.24, 2.45) is 0 Å². The fourth-order valence-electron chi connectivity index (χ4n) is 1.63. The van der Waals surface area contributed by atoms with Crippen LogP contribution in [0.15, 0.2) is 23.1 Å². The van der Waals surface area contributed by atoms with Crippen LogP contribution in [-0.4, -0.2) is 19.5 Å². The first-order valence-corrected chi connectivity index (χ1v) is 7.32. The third kappa shape index (κ3) is 2.80. The Morgan fingerprint density at radius 1 is 1.47 bits per heavy atom. The maximum Gasteiger partial charge on any atom is 0.182 e. The van der Waals surface area contributed by atoms with Gasteiger partial charge in [-0.2, -0.15) is 5.26 Å². The van der Waals surface area contributed by atoms with Crippen molar-refractivity contribution >= 4 is 21.4 Å². The van der Waals surface area contributed by atoms with E-state index in [1.165, 1.54) is 6.07 Å². The average Bonchev–Trinajstić information content (AvgIpc) is 2.28. The Labute approximate surface area is 107 Å². The number of halogens is 1. The monoisotopic (exact) mass is 271 g/mol. The fourth-order valence-corrected chi connectivity index (χ4v) is 3.85. The SMILES string of the molecule is Cc1cccc(C#N)c1S(=O)(=O)C(C)CCCl. The molecule has 92 valence electrons. The molecule has 0 aliphatic heterocycles. The van der Waals surface area contributed by atoms with Crippen molar-refractivity contribution in [2.75, 3.05) is 5.88 Å². The molecule has 0 fully saturated rings. The maximum atomic E-state index is 12.3. The lowest BCUT2D eigenvalue weighted by Crippen LogP contribution is -2.20. The molecule has 0 aliphatic carbocycles. The number of benzene rings is 1. The highest BCUT2D eigenvalue weighted by Gasteiger charge is 2.27. The molecule has 0 spiro atoms. The number of hydrogen-bond acceptors (Lipinski definition) is 3. The van der Waals surface area contributed by atoms with E-state index < -0.39 is 15.1 Å². The van der Waals surface area contributed by atoms with Crippen LogP contribution in [0.2, 0.25) is 0 Å². The number of nitriles is 1. The Bertz CT molecular complexity index is 546. The van der Waals surface area contributed by atoms with E-state index in [1.807, 2.05) is 6.07 Å². The van der Waals surface area contributed by atoms with Gasteiger partial charge in [0.2, 0.25) is 0 Å². The Kier molecular flexibility index (Phi) is 4.55. The zero-order valence-electron chi connectivity index (χ0n) is 9.77. The molecule has 0 saturated carbocycles. The zero-order valence-corrected chi connectivity index (χ0v) is 11.3. The average molecular weight is 272 g/mol. The van der Waals surface area contributed by atoms with Crippen molar-refractivity contribution in [3.05, 3.63) is 29.3 Å². The summed E-state index contributed by atoms with van der Waals surface area (Å²) in [6, 6.07) is 6.82. The van der Waals surface area contributed by atoms with Crippen molar-refractivity contribution in [3.8, 4) is 6.07 Å². The van der Waals surface area contributed by atoms with Gasteiger partial charge in [-0.3, -0.25) is 0 Å². The van der Waals surface area contributed by atoms with E-state index in [0.29, 0.717) is 12.0 Å². The van der Waals surface area contributed by atoms with Crippen LogP contribution in [0.4, 0.5) is 0 Å². The predicted octanol–water partition coefficient (Wildman–Crippen LogP) is 2.66. The lowest BCUT2D eigenvalue weighted by atomic mass is 10.1. The highest BCUT2D eigenvalue weighted by Crippen LogP contribution is 2.25. The number of sulfone groups is 1. The molecule has 0 heterocycles. The van der Waals surface area contributed by atoms with E-state index in [0.717, 1.165) is 0 Å². The van der Waals surface area contributed by atoms with Crippen LogP contribution in [0.25, 0.3) is 0 Å². The van der Waals surface area contributed by atoms with Crippen molar-refractivity contribution in [3.63, 3.8) is 0 Å². The van der Waals surface area contributed by atoms with Gasteiger partial charge in [-0.05, 0) is 31.9 Å². The molecule has 0 aromatic heterocycles. The minimum Gasteiger partial charge on any atom is -0.223 e. The third-order valence-electron chi connectivity index (χ3n) is 2.66. The number of nitrogens with zero attached hydrogens (tertiary/aromatic N) is 1. The molecule has 3 nitrogen and oxygen atoms in total. The molecule has 1 aromatic rings. The normalized spacial score (nSPS) is 13.1. The van der Waals surface area contributed by atoms with Gasteiger partial charge >= 0.3 is 0 Å². The minimum atomic E-state index is -3.48. The molecule has 0 saturated heterocycles. The number of hydrogen-bond donors (Lipinski definition) is 0. The van der Waals surface area contributed by atoms with E-state index >= 15 is 0 Å². The Morgan fingerprint density at radius 2 is 2.12 bits per heavy atom. The van der Waals surface area contributed by atoms with Gasteiger partial charge in [-0.15, -0.1) is 11.6 Å². The Morgan fingerprint density at radius 3 is 2.65 bits per heavy atom. The van der Waals surface area contributed by atoms with Gasteiger partial charge < -0.3 is 0 Å². The summed E-state index contributed by atoms with van der Waals surface area (Å²) >= 11 is 5.57. The second-order valence-electron chi connectivity index (χ2n) is 3.90. The molecular weight excluding hydrogens is 258 g/mol. The zero-order chi connectivity index (χ0) is 13.1. The number of aryl methyl sites for hydroxylation is 1. The molecule has 0 radical (unpaired) electrons. The predicted molar refractivity (Wildman–Crippen MR) is 67.9 cm³/mol. The summed E-state index contributed by atoms with van der Waals surface area (Å²) in [5.74, 6) is 0.286. The van der Waals surface area contributed by atoms with Crippen molar-refractivity contribution in [1.82, 2.24) is 0 Å². The molecule has 1 atom stereocenters. The van der Waals surface area contributed by atoms with Crippen LogP contribution in [0, 0.1) is 18.3 Å². The first-order valence-electron chi connectivity index (χ1n) is 5.24. The summed E-state index contributed by atoms with van der Waals surface area (Å²) in [6.07, 6.45) is 0.378. The quantitative estimate of drug-likeness (QED) is 0.791. The lowest BCUT2D eigenvalue weighted by Gasteiger charge is -2.14. The molecule has 17 heavy (non-hydrogen) atoms. The summed E-state index contributed by atoms with van der Waals surface area (Å²) in [7, 11) is -3.48.